The number of aromatic nitrogens is 4. The zero-order valence-electron chi connectivity index (χ0n) is 18.2. The number of ether oxygens (including phenoxy) is 1. The van der Waals surface area contributed by atoms with Crippen LogP contribution < -0.4 is 10.2 Å². The highest BCUT2D eigenvalue weighted by Crippen LogP contribution is 2.28. The summed E-state index contributed by atoms with van der Waals surface area (Å²) >= 11 is 1.29. The second-order valence-electron chi connectivity index (χ2n) is 6.96. The highest BCUT2D eigenvalue weighted by atomic mass is 32.2. The van der Waals surface area contributed by atoms with Crippen molar-refractivity contribution in [3.05, 3.63) is 84.7 Å². The summed E-state index contributed by atoms with van der Waals surface area (Å²) in [6.45, 7) is 1.83. The van der Waals surface area contributed by atoms with Gasteiger partial charge in [0.15, 0.2) is 11.0 Å². The first-order valence-electron chi connectivity index (χ1n) is 10.2. The van der Waals surface area contributed by atoms with E-state index < -0.39 is 0 Å². The highest BCUT2D eigenvalue weighted by Gasteiger charge is 2.17. The molecule has 2 aromatic heterocycles. The van der Waals surface area contributed by atoms with Crippen molar-refractivity contribution < 1.29 is 9.53 Å². The predicted octanol–water partition coefficient (Wildman–Crippen LogP) is 3.97. The maximum atomic E-state index is 12.4. The maximum absolute atomic E-state index is 12.4. The van der Waals surface area contributed by atoms with Crippen LogP contribution in [0.4, 0.5) is 0 Å². The van der Waals surface area contributed by atoms with Crippen LogP contribution in [0.3, 0.4) is 0 Å². The van der Waals surface area contributed by atoms with Gasteiger partial charge in [0, 0.05) is 29.2 Å². The molecule has 4 aromatic rings. The van der Waals surface area contributed by atoms with Gasteiger partial charge in [-0.3, -0.25) is 14.3 Å². The second-order valence-corrected chi connectivity index (χ2v) is 7.90. The molecule has 0 aliphatic heterocycles. The quantitative estimate of drug-likeness (QED) is 0.244. The Morgan fingerprint density at radius 2 is 1.76 bits per heavy atom. The average Bonchev–Trinajstić information content (AvgIpc) is 3.31. The van der Waals surface area contributed by atoms with E-state index in [4.69, 9.17) is 4.74 Å². The van der Waals surface area contributed by atoms with Gasteiger partial charge in [0.05, 0.1) is 18.6 Å². The van der Waals surface area contributed by atoms with Gasteiger partial charge in [-0.05, 0) is 55.5 Å². The minimum absolute atomic E-state index is 0.140. The first kappa shape index (κ1) is 22.2. The Morgan fingerprint density at radius 1 is 1.03 bits per heavy atom. The van der Waals surface area contributed by atoms with Crippen molar-refractivity contribution in [3.63, 3.8) is 0 Å². The molecule has 0 saturated carbocycles. The number of nitrogens with zero attached hydrogens (tertiary/aromatic N) is 5. The third-order valence-electron chi connectivity index (χ3n) is 4.77. The molecule has 8 nitrogen and oxygen atoms in total. The lowest BCUT2D eigenvalue weighted by Gasteiger charge is -2.10. The molecule has 1 amide bonds. The van der Waals surface area contributed by atoms with Crippen LogP contribution in [0.1, 0.15) is 12.5 Å². The number of hydrazone groups is 1. The molecule has 0 saturated heterocycles. The lowest BCUT2D eigenvalue weighted by atomic mass is 10.2. The van der Waals surface area contributed by atoms with E-state index in [2.05, 4.69) is 25.7 Å². The van der Waals surface area contributed by atoms with Gasteiger partial charge in [-0.25, -0.2) is 5.43 Å². The fourth-order valence-electron chi connectivity index (χ4n) is 3.07. The number of methoxy groups -OCH3 is 1. The van der Waals surface area contributed by atoms with E-state index in [-0.39, 0.29) is 11.7 Å². The molecule has 0 fully saturated rings. The van der Waals surface area contributed by atoms with E-state index in [0.29, 0.717) is 16.7 Å². The standard InChI is InChI=1S/C24H22N6O2S/c1-17(18-12-14-25-15-13-18)26-27-22(31)16-33-24-29-28-23(19-8-10-21(32-2)11-9-19)30(24)20-6-4-3-5-7-20/h3-15H,16H2,1-2H3,(H,27,31)/b26-17-. The number of nitrogens with one attached hydrogen (secondary N) is 1. The number of para-hydroxylation sites is 1. The van der Waals surface area contributed by atoms with E-state index in [9.17, 15) is 4.79 Å². The number of pyridine rings is 1. The Hall–Kier alpha value is -3.98. The lowest BCUT2D eigenvalue weighted by molar-refractivity contribution is -0.118. The zero-order valence-corrected chi connectivity index (χ0v) is 19.0. The van der Waals surface area contributed by atoms with Gasteiger partial charge >= 0.3 is 0 Å². The van der Waals surface area contributed by atoms with Crippen LogP contribution in [-0.2, 0) is 4.79 Å². The van der Waals surface area contributed by atoms with Crippen LogP contribution in [0.5, 0.6) is 5.75 Å². The Morgan fingerprint density at radius 3 is 2.45 bits per heavy atom. The molecule has 0 aliphatic rings. The zero-order chi connectivity index (χ0) is 23.0. The fourth-order valence-corrected chi connectivity index (χ4v) is 3.81. The molecule has 1 N–H and O–H groups in total. The van der Waals surface area contributed by atoms with Gasteiger partial charge in [0.2, 0.25) is 0 Å². The van der Waals surface area contributed by atoms with Gasteiger partial charge in [-0.2, -0.15) is 5.10 Å². The van der Waals surface area contributed by atoms with E-state index in [0.717, 1.165) is 22.6 Å². The van der Waals surface area contributed by atoms with Crippen LogP contribution in [0.25, 0.3) is 17.1 Å². The van der Waals surface area contributed by atoms with Crippen molar-refractivity contribution in [2.75, 3.05) is 12.9 Å². The summed E-state index contributed by atoms with van der Waals surface area (Å²) in [4.78, 5) is 16.4. The van der Waals surface area contributed by atoms with Gasteiger partial charge in [-0.15, -0.1) is 10.2 Å². The van der Waals surface area contributed by atoms with Crippen molar-refractivity contribution in [1.82, 2.24) is 25.2 Å². The molecule has 2 aromatic carbocycles. The number of amides is 1. The molecule has 0 radical (unpaired) electrons. The molecule has 0 bridgehead atoms. The number of thioether (sulfide) groups is 1. The topological polar surface area (TPSA) is 94.3 Å². The van der Waals surface area contributed by atoms with E-state index >= 15 is 0 Å². The number of carbonyl (C=O) groups excluding carboxylic acids is 1. The summed E-state index contributed by atoms with van der Waals surface area (Å²) in [5.41, 5.74) is 5.99. The Kier molecular flexibility index (Phi) is 7.11. The lowest BCUT2D eigenvalue weighted by Crippen LogP contribution is -2.21. The summed E-state index contributed by atoms with van der Waals surface area (Å²) in [6, 6.07) is 21.1. The summed E-state index contributed by atoms with van der Waals surface area (Å²) in [7, 11) is 1.63. The molecule has 9 heteroatoms. The summed E-state index contributed by atoms with van der Waals surface area (Å²) in [5, 5.41) is 13.5. The number of carbonyl (C=O) groups is 1. The first-order valence-corrected chi connectivity index (χ1v) is 11.2. The maximum Gasteiger partial charge on any atom is 0.250 e. The van der Waals surface area contributed by atoms with E-state index in [1.54, 1.807) is 19.5 Å². The van der Waals surface area contributed by atoms with Crippen molar-refractivity contribution in [3.8, 4) is 22.8 Å². The second kappa shape index (κ2) is 10.6. The van der Waals surface area contributed by atoms with Crippen LogP contribution in [0.15, 0.2) is 89.4 Å². The number of hydrogen-bond donors (Lipinski definition) is 1. The molecule has 2 heterocycles. The van der Waals surface area contributed by atoms with Gasteiger partial charge < -0.3 is 4.74 Å². The monoisotopic (exact) mass is 458 g/mol. The number of hydrogen-bond acceptors (Lipinski definition) is 7. The number of rotatable bonds is 8. The highest BCUT2D eigenvalue weighted by molar-refractivity contribution is 7.99. The molecule has 166 valence electrons. The first-order chi connectivity index (χ1) is 16.2. The summed E-state index contributed by atoms with van der Waals surface area (Å²) in [6.07, 6.45) is 3.37. The molecule has 0 atom stereocenters. The van der Waals surface area contributed by atoms with E-state index in [1.165, 1.54) is 11.8 Å². The molecule has 0 unspecified atom stereocenters. The largest absolute Gasteiger partial charge is 0.497 e. The minimum Gasteiger partial charge on any atom is -0.497 e. The third-order valence-corrected chi connectivity index (χ3v) is 5.70. The van der Waals surface area contributed by atoms with Gasteiger partial charge in [-0.1, -0.05) is 30.0 Å². The Balaban J connectivity index is 1.52. The molecule has 0 spiro atoms. The average molecular weight is 459 g/mol. The van der Waals surface area contributed by atoms with Crippen LogP contribution in [0, 0.1) is 0 Å². The van der Waals surface area contributed by atoms with E-state index in [1.807, 2.05) is 78.2 Å². The summed E-state index contributed by atoms with van der Waals surface area (Å²) < 4.78 is 7.19. The molecule has 0 aliphatic carbocycles. The van der Waals surface area contributed by atoms with Crippen LogP contribution >= 0.6 is 11.8 Å². The van der Waals surface area contributed by atoms with Gasteiger partial charge in [0.25, 0.3) is 5.91 Å². The Bertz CT molecular complexity index is 1240. The smallest absolute Gasteiger partial charge is 0.250 e. The normalized spacial score (nSPS) is 11.3. The van der Waals surface area contributed by atoms with Crippen LogP contribution in [-0.4, -0.2) is 44.2 Å². The van der Waals surface area contributed by atoms with Crippen molar-refractivity contribution >= 4 is 23.4 Å². The molecular formula is C24H22N6O2S. The SMILES string of the molecule is COc1ccc(-c2nnc(SCC(=O)N/N=C(/C)c3ccncc3)n2-c2ccccc2)cc1. The number of benzene rings is 2. The fraction of sp³-hybridized carbons (Fsp3) is 0.125. The Labute approximate surface area is 195 Å². The van der Waals surface area contributed by atoms with Crippen molar-refractivity contribution in [1.29, 1.82) is 0 Å². The van der Waals surface area contributed by atoms with Gasteiger partial charge in [0.1, 0.15) is 5.75 Å². The third kappa shape index (κ3) is 5.45. The van der Waals surface area contributed by atoms with Crippen molar-refractivity contribution in [2.45, 2.75) is 12.1 Å². The molecule has 33 heavy (non-hydrogen) atoms. The summed E-state index contributed by atoms with van der Waals surface area (Å²) in [5.74, 6) is 1.35. The predicted molar refractivity (Wildman–Crippen MR) is 129 cm³/mol. The minimum atomic E-state index is -0.234. The van der Waals surface area contributed by atoms with Crippen molar-refractivity contribution in [2.24, 2.45) is 5.10 Å². The van der Waals surface area contributed by atoms with Crippen LogP contribution in [0.2, 0.25) is 0 Å². The molecule has 4 rings (SSSR count). The molecular weight excluding hydrogens is 436 g/mol.